The van der Waals surface area contributed by atoms with Crippen LogP contribution in [0.4, 0.5) is 0 Å². The number of hydrogen-bond acceptors (Lipinski definition) is 4. The van der Waals surface area contributed by atoms with Gasteiger partial charge < -0.3 is 15.4 Å². The molecular weight excluding hydrogens is 441 g/mol. The first-order chi connectivity index (χ1) is 12.1. The van der Waals surface area contributed by atoms with Crippen LogP contribution in [-0.2, 0) is 4.74 Å². The summed E-state index contributed by atoms with van der Waals surface area (Å²) in [5.74, 6) is 0.944. The summed E-state index contributed by atoms with van der Waals surface area (Å²) in [6.45, 7) is 11.6. The quantitative estimate of drug-likeness (QED) is 0.359. The molecule has 1 atom stereocenters. The van der Waals surface area contributed by atoms with Crippen LogP contribution in [0.2, 0.25) is 0 Å². The van der Waals surface area contributed by atoms with Gasteiger partial charge in [-0.1, -0.05) is 12.8 Å². The van der Waals surface area contributed by atoms with Crippen molar-refractivity contribution < 1.29 is 4.74 Å². The molecule has 6 nitrogen and oxygen atoms in total. The smallest absolute Gasteiger partial charge is 0.191 e. The fraction of sp³-hybridized carbons (Fsp3) is 0.947. The third-order valence-corrected chi connectivity index (χ3v) is 6.18. The summed E-state index contributed by atoms with van der Waals surface area (Å²) in [4.78, 5) is 9.65. The van der Waals surface area contributed by atoms with Gasteiger partial charge in [0.15, 0.2) is 5.96 Å². The molecule has 0 aromatic heterocycles. The van der Waals surface area contributed by atoms with Gasteiger partial charge in [0, 0.05) is 57.4 Å². The van der Waals surface area contributed by atoms with Gasteiger partial charge in [0.05, 0.1) is 13.2 Å². The standard InChI is InChI=1S/C19H37N5O.HI/c1-19(2,24-10-12-25-13-11-24)15-21-18(20-3)22-16-8-9-23(14-16)17-6-4-5-7-17;/h16-17H,4-15H2,1-3H3,(H2,20,21,22);1H. The molecule has 0 spiro atoms. The second kappa shape index (κ2) is 10.4. The molecule has 2 N–H and O–H groups in total. The van der Waals surface area contributed by atoms with Crippen molar-refractivity contribution in [2.45, 2.75) is 63.6 Å². The fourth-order valence-electron chi connectivity index (χ4n) is 4.47. The molecule has 0 amide bonds. The molecule has 2 aliphatic heterocycles. The fourth-order valence-corrected chi connectivity index (χ4v) is 4.47. The number of hydrogen-bond donors (Lipinski definition) is 2. The van der Waals surface area contributed by atoms with Gasteiger partial charge in [-0.15, -0.1) is 24.0 Å². The maximum absolute atomic E-state index is 5.48. The van der Waals surface area contributed by atoms with Crippen molar-refractivity contribution in [1.29, 1.82) is 0 Å². The number of aliphatic imine (C=N–C) groups is 1. The summed E-state index contributed by atoms with van der Waals surface area (Å²) in [6.07, 6.45) is 6.85. The number of rotatable bonds is 5. The van der Waals surface area contributed by atoms with Crippen LogP contribution in [0.5, 0.6) is 0 Å². The van der Waals surface area contributed by atoms with Crippen LogP contribution in [0, 0.1) is 0 Å². The summed E-state index contributed by atoms with van der Waals surface area (Å²) in [6, 6.07) is 1.36. The number of ether oxygens (including phenoxy) is 1. The van der Waals surface area contributed by atoms with Crippen molar-refractivity contribution >= 4 is 29.9 Å². The third kappa shape index (κ3) is 5.94. The zero-order chi connectivity index (χ0) is 17.7. The van der Waals surface area contributed by atoms with Gasteiger partial charge in [-0.2, -0.15) is 0 Å². The first-order valence-corrected chi connectivity index (χ1v) is 10.1. The molecule has 2 heterocycles. The Bertz CT molecular complexity index is 447. The van der Waals surface area contributed by atoms with E-state index in [1.54, 1.807) is 0 Å². The van der Waals surface area contributed by atoms with E-state index in [-0.39, 0.29) is 29.5 Å². The van der Waals surface area contributed by atoms with E-state index in [4.69, 9.17) is 4.74 Å². The summed E-state index contributed by atoms with van der Waals surface area (Å²) in [5.41, 5.74) is 0.104. The minimum absolute atomic E-state index is 0. The van der Waals surface area contributed by atoms with Crippen molar-refractivity contribution in [3.05, 3.63) is 0 Å². The Balaban J connectivity index is 0.00000243. The van der Waals surface area contributed by atoms with E-state index in [1.165, 1.54) is 38.6 Å². The van der Waals surface area contributed by atoms with Gasteiger partial charge in [0.2, 0.25) is 0 Å². The monoisotopic (exact) mass is 479 g/mol. The van der Waals surface area contributed by atoms with Crippen molar-refractivity contribution in [1.82, 2.24) is 20.4 Å². The lowest BCUT2D eigenvalue weighted by atomic mass is 10.0. The van der Waals surface area contributed by atoms with Gasteiger partial charge in [0.25, 0.3) is 0 Å². The summed E-state index contributed by atoms with van der Waals surface area (Å²) < 4.78 is 5.48. The van der Waals surface area contributed by atoms with Gasteiger partial charge in [0.1, 0.15) is 0 Å². The zero-order valence-corrected chi connectivity index (χ0v) is 19.1. The summed E-state index contributed by atoms with van der Waals surface area (Å²) in [5, 5.41) is 7.20. The van der Waals surface area contributed by atoms with Gasteiger partial charge in [-0.3, -0.25) is 14.8 Å². The molecule has 0 aromatic rings. The Labute approximate surface area is 176 Å². The molecule has 2 saturated heterocycles. The minimum Gasteiger partial charge on any atom is -0.379 e. The minimum atomic E-state index is 0. The maximum atomic E-state index is 5.48. The molecule has 0 bridgehead atoms. The van der Waals surface area contributed by atoms with E-state index < -0.39 is 0 Å². The molecule has 0 radical (unpaired) electrons. The van der Waals surface area contributed by atoms with E-state index in [9.17, 15) is 0 Å². The molecule has 0 aromatic carbocycles. The predicted octanol–water partition coefficient (Wildman–Crippen LogP) is 1.90. The average molecular weight is 479 g/mol. The van der Waals surface area contributed by atoms with Crippen LogP contribution in [0.3, 0.4) is 0 Å². The van der Waals surface area contributed by atoms with Crippen LogP contribution in [0.15, 0.2) is 4.99 Å². The zero-order valence-electron chi connectivity index (χ0n) is 16.8. The van der Waals surface area contributed by atoms with E-state index in [0.717, 1.165) is 51.4 Å². The molecule has 3 fully saturated rings. The van der Waals surface area contributed by atoms with Gasteiger partial charge in [-0.25, -0.2) is 0 Å². The predicted molar refractivity (Wildman–Crippen MR) is 119 cm³/mol. The molecular formula is C19H38IN5O. The highest BCUT2D eigenvalue weighted by atomic mass is 127. The molecule has 152 valence electrons. The largest absolute Gasteiger partial charge is 0.379 e. The highest BCUT2D eigenvalue weighted by Crippen LogP contribution is 2.26. The first kappa shape index (κ1) is 22.2. The van der Waals surface area contributed by atoms with Crippen LogP contribution >= 0.6 is 24.0 Å². The van der Waals surface area contributed by atoms with Crippen molar-refractivity contribution in [3.8, 4) is 0 Å². The third-order valence-electron chi connectivity index (χ3n) is 6.18. The van der Waals surface area contributed by atoms with Crippen LogP contribution in [0.1, 0.15) is 46.0 Å². The average Bonchev–Trinajstić information content (AvgIpc) is 3.31. The normalized spacial score (nSPS) is 26.7. The van der Waals surface area contributed by atoms with Crippen molar-refractivity contribution in [2.75, 3.05) is 53.0 Å². The number of likely N-dealkylation sites (tertiary alicyclic amines) is 1. The lowest BCUT2D eigenvalue weighted by molar-refractivity contribution is -0.00834. The van der Waals surface area contributed by atoms with E-state index in [2.05, 4.69) is 39.3 Å². The SMILES string of the molecule is CN=C(NCC(C)(C)N1CCOCC1)NC1CCN(C2CCCC2)C1.I. The topological polar surface area (TPSA) is 52.1 Å². The van der Waals surface area contributed by atoms with Gasteiger partial charge in [-0.05, 0) is 33.1 Å². The molecule has 1 aliphatic carbocycles. The second-order valence-electron chi connectivity index (χ2n) is 8.40. The molecule has 7 heteroatoms. The lowest BCUT2D eigenvalue weighted by Crippen LogP contribution is -2.57. The second-order valence-corrected chi connectivity index (χ2v) is 8.40. The maximum Gasteiger partial charge on any atom is 0.191 e. The first-order valence-electron chi connectivity index (χ1n) is 10.1. The number of nitrogens with one attached hydrogen (secondary N) is 2. The number of morpholine rings is 1. The Kier molecular flexibility index (Phi) is 8.90. The summed E-state index contributed by atoms with van der Waals surface area (Å²) >= 11 is 0. The van der Waals surface area contributed by atoms with Crippen molar-refractivity contribution in [2.24, 2.45) is 4.99 Å². The summed E-state index contributed by atoms with van der Waals surface area (Å²) in [7, 11) is 1.88. The van der Waals surface area contributed by atoms with Crippen molar-refractivity contribution in [3.63, 3.8) is 0 Å². The van der Waals surface area contributed by atoms with E-state index in [1.807, 2.05) is 7.05 Å². The van der Waals surface area contributed by atoms with Crippen LogP contribution in [0.25, 0.3) is 0 Å². The van der Waals surface area contributed by atoms with Crippen LogP contribution in [-0.4, -0.2) is 86.4 Å². The van der Waals surface area contributed by atoms with Crippen LogP contribution < -0.4 is 10.6 Å². The van der Waals surface area contributed by atoms with E-state index >= 15 is 0 Å². The highest BCUT2D eigenvalue weighted by molar-refractivity contribution is 14.0. The number of guanidine groups is 1. The van der Waals surface area contributed by atoms with Gasteiger partial charge >= 0.3 is 0 Å². The Morgan fingerprint density at radius 3 is 2.46 bits per heavy atom. The highest BCUT2D eigenvalue weighted by Gasteiger charge is 2.31. The molecule has 1 unspecified atom stereocenters. The lowest BCUT2D eigenvalue weighted by Gasteiger charge is -2.41. The molecule has 1 saturated carbocycles. The molecule has 26 heavy (non-hydrogen) atoms. The number of halogens is 1. The molecule has 3 aliphatic rings. The number of nitrogens with zero attached hydrogens (tertiary/aromatic N) is 3. The Hall–Kier alpha value is -0.120. The Morgan fingerprint density at radius 2 is 1.81 bits per heavy atom. The molecule has 3 rings (SSSR count). The van der Waals surface area contributed by atoms with E-state index in [0.29, 0.717) is 6.04 Å². The Morgan fingerprint density at radius 1 is 1.12 bits per heavy atom.